The highest BCUT2D eigenvalue weighted by Crippen LogP contribution is 2.21. The molecule has 4 heteroatoms. The Morgan fingerprint density at radius 1 is 1.05 bits per heavy atom. The maximum absolute atomic E-state index is 5.63. The number of ether oxygens (including phenoxy) is 1. The quantitative estimate of drug-likeness (QED) is 0.738. The second kappa shape index (κ2) is 5.71. The van der Waals surface area contributed by atoms with Crippen molar-refractivity contribution in [2.24, 2.45) is 0 Å². The van der Waals surface area contributed by atoms with Crippen molar-refractivity contribution in [2.75, 3.05) is 5.73 Å². The van der Waals surface area contributed by atoms with Crippen molar-refractivity contribution in [3.05, 3.63) is 65.9 Å². The molecule has 0 saturated carbocycles. The summed E-state index contributed by atoms with van der Waals surface area (Å²) in [6, 6.07) is 17.3. The molecule has 4 nitrogen and oxygen atoms in total. The van der Waals surface area contributed by atoms with Gasteiger partial charge in [-0.2, -0.15) is 0 Å². The van der Waals surface area contributed by atoms with E-state index < -0.39 is 0 Å². The largest absolute Gasteiger partial charge is 0.486 e. The minimum atomic E-state index is 0.336. The zero-order valence-corrected chi connectivity index (χ0v) is 11.7. The molecule has 0 saturated heterocycles. The van der Waals surface area contributed by atoms with E-state index in [1.165, 1.54) is 5.56 Å². The molecular formula is C17H16N2O2. The molecule has 0 fully saturated rings. The second-order valence-corrected chi connectivity index (χ2v) is 4.90. The van der Waals surface area contributed by atoms with Crippen LogP contribution in [0.4, 0.5) is 5.69 Å². The van der Waals surface area contributed by atoms with Gasteiger partial charge in [-0.05, 0) is 31.2 Å². The fourth-order valence-corrected chi connectivity index (χ4v) is 1.96. The molecule has 3 rings (SSSR count). The molecule has 0 aliphatic heterocycles. The summed E-state index contributed by atoms with van der Waals surface area (Å²) < 4.78 is 10.9. The number of nitrogens with zero attached hydrogens (tertiary/aromatic N) is 1. The molecule has 1 heterocycles. The summed E-state index contributed by atoms with van der Waals surface area (Å²) in [4.78, 5) is 0. The second-order valence-electron chi connectivity index (χ2n) is 4.90. The van der Waals surface area contributed by atoms with Gasteiger partial charge in [0.05, 0.1) is 0 Å². The Morgan fingerprint density at radius 3 is 2.48 bits per heavy atom. The normalized spacial score (nSPS) is 10.5. The van der Waals surface area contributed by atoms with Crippen molar-refractivity contribution in [1.82, 2.24) is 5.16 Å². The third kappa shape index (κ3) is 3.23. The SMILES string of the molecule is Cc1ccc(-c2cc(COc3ccc(N)cc3)on2)cc1. The molecule has 1 aromatic heterocycles. The molecule has 3 aromatic rings. The van der Waals surface area contributed by atoms with Crippen molar-refractivity contribution in [2.45, 2.75) is 13.5 Å². The average molecular weight is 280 g/mol. The summed E-state index contributed by atoms with van der Waals surface area (Å²) in [5.74, 6) is 1.43. The fraction of sp³-hybridized carbons (Fsp3) is 0.118. The molecule has 0 spiro atoms. The predicted octanol–water partition coefficient (Wildman–Crippen LogP) is 3.81. The summed E-state index contributed by atoms with van der Waals surface area (Å²) in [5.41, 5.74) is 9.40. The van der Waals surface area contributed by atoms with E-state index in [0.717, 1.165) is 17.0 Å². The zero-order chi connectivity index (χ0) is 14.7. The lowest BCUT2D eigenvalue weighted by molar-refractivity contribution is 0.249. The van der Waals surface area contributed by atoms with E-state index in [1.807, 2.05) is 30.3 Å². The van der Waals surface area contributed by atoms with Crippen LogP contribution in [-0.2, 0) is 6.61 Å². The number of nitrogen functional groups attached to an aromatic ring is 1. The lowest BCUT2D eigenvalue weighted by atomic mass is 10.1. The predicted molar refractivity (Wildman–Crippen MR) is 81.9 cm³/mol. The topological polar surface area (TPSA) is 61.3 Å². The maximum atomic E-state index is 5.63. The van der Waals surface area contributed by atoms with Gasteiger partial charge in [0.25, 0.3) is 0 Å². The van der Waals surface area contributed by atoms with E-state index in [4.69, 9.17) is 15.0 Å². The fourth-order valence-electron chi connectivity index (χ4n) is 1.96. The third-order valence-electron chi connectivity index (χ3n) is 3.17. The lowest BCUT2D eigenvalue weighted by Gasteiger charge is -2.03. The molecule has 0 radical (unpaired) electrons. The third-order valence-corrected chi connectivity index (χ3v) is 3.17. The van der Waals surface area contributed by atoms with Crippen LogP contribution < -0.4 is 10.5 Å². The van der Waals surface area contributed by atoms with Crippen LogP contribution in [0.25, 0.3) is 11.3 Å². The van der Waals surface area contributed by atoms with Gasteiger partial charge >= 0.3 is 0 Å². The van der Waals surface area contributed by atoms with Gasteiger partial charge < -0.3 is 15.0 Å². The zero-order valence-electron chi connectivity index (χ0n) is 11.7. The summed E-state index contributed by atoms with van der Waals surface area (Å²) in [5, 5.41) is 4.07. The number of hydrogen-bond acceptors (Lipinski definition) is 4. The lowest BCUT2D eigenvalue weighted by Crippen LogP contribution is -1.94. The molecule has 0 bridgehead atoms. The number of anilines is 1. The Labute approximate surface area is 123 Å². The summed E-state index contributed by atoms with van der Waals surface area (Å²) in [6.07, 6.45) is 0. The maximum Gasteiger partial charge on any atom is 0.174 e. The number of benzene rings is 2. The molecule has 2 N–H and O–H groups in total. The van der Waals surface area contributed by atoms with Gasteiger partial charge in [0, 0.05) is 17.3 Å². The Kier molecular flexibility index (Phi) is 3.60. The van der Waals surface area contributed by atoms with Crippen LogP contribution in [0.5, 0.6) is 5.75 Å². The van der Waals surface area contributed by atoms with E-state index >= 15 is 0 Å². The minimum Gasteiger partial charge on any atom is -0.486 e. The number of nitrogens with two attached hydrogens (primary N) is 1. The first-order valence-corrected chi connectivity index (χ1v) is 6.72. The first-order chi connectivity index (χ1) is 10.2. The smallest absolute Gasteiger partial charge is 0.174 e. The molecule has 0 aliphatic carbocycles. The number of rotatable bonds is 4. The van der Waals surface area contributed by atoms with E-state index in [9.17, 15) is 0 Å². The molecule has 106 valence electrons. The van der Waals surface area contributed by atoms with Crippen LogP contribution >= 0.6 is 0 Å². The van der Waals surface area contributed by atoms with E-state index in [0.29, 0.717) is 18.1 Å². The molecule has 2 aromatic carbocycles. The Hall–Kier alpha value is -2.75. The standard InChI is InChI=1S/C17H16N2O2/c1-12-2-4-13(5-3-12)17-10-16(21-19-17)11-20-15-8-6-14(18)7-9-15/h2-10H,11,18H2,1H3. The van der Waals surface area contributed by atoms with Crippen molar-refractivity contribution >= 4 is 5.69 Å². The van der Waals surface area contributed by atoms with Crippen molar-refractivity contribution < 1.29 is 9.26 Å². The highest BCUT2D eigenvalue weighted by atomic mass is 16.5. The van der Waals surface area contributed by atoms with Crippen molar-refractivity contribution in [3.8, 4) is 17.0 Å². The minimum absolute atomic E-state index is 0.336. The summed E-state index contributed by atoms with van der Waals surface area (Å²) in [7, 11) is 0. The van der Waals surface area contributed by atoms with E-state index in [2.05, 4.69) is 24.2 Å². The molecule has 0 atom stereocenters. The average Bonchev–Trinajstić information content (AvgIpc) is 2.96. The molecule has 0 amide bonds. The molecular weight excluding hydrogens is 264 g/mol. The molecule has 21 heavy (non-hydrogen) atoms. The van der Waals surface area contributed by atoms with E-state index in [1.54, 1.807) is 12.1 Å². The van der Waals surface area contributed by atoms with Gasteiger partial charge in [-0.15, -0.1) is 0 Å². The summed E-state index contributed by atoms with van der Waals surface area (Å²) >= 11 is 0. The number of hydrogen-bond donors (Lipinski definition) is 1. The Balaban J connectivity index is 1.67. The first-order valence-electron chi connectivity index (χ1n) is 6.72. The van der Waals surface area contributed by atoms with Crippen LogP contribution in [0.1, 0.15) is 11.3 Å². The monoisotopic (exact) mass is 280 g/mol. The summed E-state index contributed by atoms with van der Waals surface area (Å²) in [6.45, 7) is 2.39. The first kappa shape index (κ1) is 13.2. The number of aromatic nitrogens is 1. The van der Waals surface area contributed by atoms with E-state index in [-0.39, 0.29) is 0 Å². The van der Waals surface area contributed by atoms with Crippen LogP contribution in [0.2, 0.25) is 0 Å². The van der Waals surface area contributed by atoms with Crippen LogP contribution in [0, 0.1) is 6.92 Å². The van der Waals surface area contributed by atoms with Gasteiger partial charge in [0.2, 0.25) is 0 Å². The van der Waals surface area contributed by atoms with Gasteiger partial charge in [0.15, 0.2) is 5.76 Å². The van der Waals surface area contributed by atoms with Gasteiger partial charge in [-0.1, -0.05) is 35.0 Å². The Morgan fingerprint density at radius 2 is 1.76 bits per heavy atom. The number of aryl methyl sites for hydroxylation is 1. The van der Waals surface area contributed by atoms with Gasteiger partial charge in [0.1, 0.15) is 18.1 Å². The van der Waals surface area contributed by atoms with Crippen LogP contribution in [-0.4, -0.2) is 5.16 Å². The van der Waals surface area contributed by atoms with Gasteiger partial charge in [-0.25, -0.2) is 0 Å². The van der Waals surface area contributed by atoms with Crippen molar-refractivity contribution in [3.63, 3.8) is 0 Å². The van der Waals surface area contributed by atoms with Crippen LogP contribution in [0.3, 0.4) is 0 Å². The highest BCUT2D eigenvalue weighted by Gasteiger charge is 2.07. The highest BCUT2D eigenvalue weighted by molar-refractivity contribution is 5.59. The van der Waals surface area contributed by atoms with Crippen molar-refractivity contribution in [1.29, 1.82) is 0 Å². The van der Waals surface area contributed by atoms with Crippen LogP contribution in [0.15, 0.2) is 59.1 Å². The Bertz CT molecular complexity index is 715. The molecule has 0 aliphatic rings. The molecule has 0 unspecified atom stereocenters. The van der Waals surface area contributed by atoms with Gasteiger partial charge in [-0.3, -0.25) is 0 Å².